The molecule has 0 unspecified atom stereocenters. The molecular formula is C24H28N4O5. The average Bonchev–Trinajstić information content (AvgIpc) is 2.81. The number of aromatic nitrogens is 3. The molecule has 2 N–H and O–H groups in total. The van der Waals surface area contributed by atoms with E-state index in [9.17, 15) is 9.59 Å². The number of nitrogens with zero attached hydrogens (tertiary/aromatic N) is 2. The third kappa shape index (κ3) is 6.55. The van der Waals surface area contributed by atoms with Gasteiger partial charge in [0.2, 0.25) is 5.91 Å². The third-order valence-corrected chi connectivity index (χ3v) is 4.77. The van der Waals surface area contributed by atoms with Crippen LogP contribution in [0.25, 0.3) is 11.4 Å². The number of hydrogen-bond acceptors (Lipinski definition) is 7. The number of carbonyl (C=O) groups is 1. The monoisotopic (exact) mass is 452 g/mol. The summed E-state index contributed by atoms with van der Waals surface area (Å²) in [5.74, 6) is 1.96. The Morgan fingerprint density at radius 2 is 1.88 bits per heavy atom. The van der Waals surface area contributed by atoms with Crippen LogP contribution in [0, 0.1) is 0 Å². The molecule has 0 aliphatic heterocycles. The van der Waals surface area contributed by atoms with Crippen LogP contribution in [-0.4, -0.2) is 41.3 Å². The predicted octanol–water partition coefficient (Wildman–Crippen LogP) is 2.89. The van der Waals surface area contributed by atoms with Crippen LogP contribution < -0.4 is 25.1 Å². The molecule has 0 atom stereocenters. The zero-order valence-corrected chi connectivity index (χ0v) is 19.2. The smallest absolute Gasteiger partial charge is 0.273 e. The Morgan fingerprint density at radius 1 is 1.06 bits per heavy atom. The Labute approximate surface area is 192 Å². The highest BCUT2D eigenvalue weighted by Crippen LogP contribution is 2.31. The Hall–Kier alpha value is -3.88. The van der Waals surface area contributed by atoms with Crippen molar-refractivity contribution in [3.05, 3.63) is 64.1 Å². The van der Waals surface area contributed by atoms with Crippen LogP contribution in [0.2, 0.25) is 0 Å². The number of hydrogen-bond donors (Lipinski definition) is 2. The van der Waals surface area contributed by atoms with Gasteiger partial charge in [-0.2, -0.15) is 0 Å². The first kappa shape index (κ1) is 23.8. The van der Waals surface area contributed by atoms with E-state index in [1.165, 1.54) is 7.11 Å². The Balaban J connectivity index is 1.71. The van der Waals surface area contributed by atoms with Gasteiger partial charge in [0.15, 0.2) is 17.3 Å². The highest BCUT2D eigenvalue weighted by molar-refractivity contribution is 5.76. The zero-order valence-electron chi connectivity index (χ0n) is 19.2. The summed E-state index contributed by atoms with van der Waals surface area (Å²) >= 11 is 0. The van der Waals surface area contributed by atoms with Crippen molar-refractivity contribution in [1.29, 1.82) is 0 Å². The van der Waals surface area contributed by atoms with Crippen molar-refractivity contribution in [2.45, 2.75) is 39.3 Å². The lowest BCUT2D eigenvalue weighted by atomic mass is 10.2. The summed E-state index contributed by atoms with van der Waals surface area (Å²) in [5.41, 5.74) is 1.40. The Morgan fingerprint density at radius 3 is 2.58 bits per heavy atom. The molecule has 1 amide bonds. The van der Waals surface area contributed by atoms with Gasteiger partial charge < -0.3 is 24.5 Å². The minimum atomic E-state index is -0.380. The second-order valence-corrected chi connectivity index (χ2v) is 7.68. The summed E-state index contributed by atoms with van der Waals surface area (Å²) in [6.45, 7) is 4.09. The molecule has 3 rings (SSSR count). The van der Waals surface area contributed by atoms with E-state index in [0.717, 1.165) is 11.3 Å². The highest BCUT2D eigenvalue weighted by Gasteiger charge is 2.13. The number of carbonyl (C=O) groups excluding carboxylic acids is 1. The molecule has 0 aliphatic carbocycles. The van der Waals surface area contributed by atoms with E-state index in [-0.39, 0.29) is 36.0 Å². The molecule has 1 aromatic heterocycles. The summed E-state index contributed by atoms with van der Waals surface area (Å²) in [7, 11) is 3.16. The predicted molar refractivity (Wildman–Crippen MR) is 124 cm³/mol. The van der Waals surface area contributed by atoms with Crippen LogP contribution >= 0.6 is 0 Å². The van der Waals surface area contributed by atoms with E-state index in [1.54, 1.807) is 25.3 Å². The fourth-order valence-electron chi connectivity index (χ4n) is 3.14. The van der Waals surface area contributed by atoms with Crippen molar-refractivity contribution >= 4 is 5.91 Å². The van der Waals surface area contributed by atoms with Crippen molar-refractivity contribution in [1.82, 2.24) is 20.5 Å². The molecule has 9 heteroatoms. The molecule has 0 saturated heterocycles. The zero-order chi connectivity index (χ0) is 23.8. The molecule has 174 valence electrons. The molecule has 33 heavy (non-hydrogen) atoms. The van der Waals surface area contributed by atoms with Crippen molar-refractivity contribution < 1.29 is 19.0 Å². The Kier molecular flexibility index (Phi) is 8.01. The summed E-state index contributed by atoms with van der Waals surface area (Å²) in [6.07, 6.45) is 0.379. The number of aromatic amines is 1. The van der Waals surface area contributed by atoms with Crippen molar-refractivity contribution in [2.24, 2.45) is 0 Å². The van der Waals surface area contributed by atoms with Gasteiger partial charge in [-0.15, -0.1) is 10.2 Å². The van der Waals surface area contributed by atoms with Gasteiger partial charge in [-0.05, 0) is 49.7 Å². The lowest BCUT2D eigenvalue weighted by Crippen LogP contribution is -2.31. The first-order chi connectivity index (χ1) is 15.9. The maximum Gasteiger partial charge on any atom is 0.273 e. The second kappa shape index (κ2) is 11.1. The fourth-order valence-corrected chi connectivity index (χ4v) is 3.14. The molecule has 0 aliphatic rings. The van der Waals surface area contributed by atoms with Gasteiger partial charge in [0.05, 0.1) is 14.2 Å². The van der Waals surface area contributed by atoms with E-state index in [0.29, 0.717) is 29.5 Å². The third-order valence-electron chi connectivity index (χ3n) is 4.77. The molecular weight excluding hydrogens is 424 g/mol. The minimum absolute atomic E-state index is 0.0432. The Bertz CT molecular complexity index is 1160. The summed E-state index contributed by atoms with van der Waals surface area (Å²) in [5, 5.41) is 10.9. The normalized spacial score (nSPS) is 10.7. The van der Waals surface area contributed by atoms with Gasteiger partial charge in [-0.1, -0.05) is 12.1 Å². The SMILES string of the molecule is COc1cccc(COc2ccc(-c3nnc(CCC(=O)NC(C)C)c(=O)[nH]3)cc2OC)c1. The molecule has 0 saturated carbocycles. The van der Waals surface area contributed by atoms with Gasteiger partial charge in [-0.25, -0.2) is 0 Å². The summed E-state index contributed by atoms with van der Waals surface area (Å²) in [4.78, 5) is 27.0. The van der Waals surface area contributed by atoms with Gasteiger partial charge >= 0.3 is 0 Å². The number of ether oxygens (including phenoxy) is 3. The van der Waals surface area contributed by atoms with Gasteiger partial charge in [0.25, 0.3) is 5.56 Å². The average molecular weight is 453 g/mol. The lowest BCUT2D eigenvalue weighted by Gasteiger charge is -2.12. The van der Waals surface area contributed by atoms with Crippen LogP contribution in [0.15, 0.2) is 47.3 Å². The number of H-pyrrole nitrogens is 1. The standard InChI is InChI=1S/C24H28N4O5/c1-15(2)25-22(29)11-9-19-24(30)26-23(28-27-19)17-8-10-20(21(13-17)32-4)33-14-16-6-5-7-18(12-16)31-3/h5-8,10,12-13,15H,9,11,14H2,1-4H3,(H,25,29)(H,26,28,30). The molecule has 0 radical (unpaired) electrons. The molecule has 1 heterocycles. The number of amides is 1. The minimum Gasteiger partial charge on any atom is -0.497 e. The topological polar surface area (TPSA) is 115 Å². The van der Waals surface area contributed by atoms with Crippen molar-refractivity contribution in [2.75, 3.05) is 14.2 Å². The first-order valence-corrected chi connectivity index (χ1v) is 10.6. The van der Waals surface area contributed by atoms with Crippen LogP contribution in [0.3, 0.4) is 0 Å². The lowest BCUT2D eigenvalue weighted by molar-refractivity contribution is -0.121. The maximum absolute atomic E-state index is 12.4. The van der Waals surface area contributed by atoms with Crippen molar-refractivity contribution in [3.8, 4) is 28.6 Å². The van der Waals surface area contributed by atoms with Crippen LogP contribution in [0.5, 0.6) is 17.2 Å². The van der Waals surface area contributed by atoms with Crippen molar-refractivity contribution in [3.63, 3.8) is 0 Å². The van der Waals surface area contributed by atoms with Gasteiger partial charge in [0, 0.05) is 24.4 Å². The molecule has 0 bridgehead atoms. The number of nitrogens with one attached hydrogen (secondary N) is 2. The number of rotatable bonds is 10. The van der Waals surface area contributed by atoms with E-state index < -0.39 is 0 Å². The van der Waals surface area contributed by atoms with E-state index >= 15 is 0 Å². The number of aryl methyl sites for hydroxylation is 1. The highest BCUT2D eigenvalue weighted by atomic mass is 16.5. The van der Waals surface area contributed by atoms with E-state index in [1.807, 2.05) is 38.1 Å². The maximum atomic E-state index is 12.4. The van der Waals surface area contributed by atoms with E-state index in [2.05, 4.69) is 20.5 Å². The molecule has 2 aromatic carbocycles. The number of methoxy groups -OCH3 is 2. The summed E-state index contributed by atoms with van der Waals surface area (Å²) in [6, 6.07) is 12.9. The van der Waals surface area contributed by atoms with Crippen LogP contribution in [0.1, 0.15) is 31.5 Å². The first-order valence-electron chi connectivity index (χ1n) is 10.6. The van der Waals surface area contributed by atoms with Crippen LogP contribution in [0.4, 0.5) is 0 Å². The van der Waals surface area contributed by atoms with Gasteiger partial charge in [0.1, 0.15) is 18.1 Å². The molecule has 9 nitrogen and oxygen atoms in total. The molecule has 0 spiro atoms. The quantitative estimate of drug-likeness (QED) is 0.486. The summed E-state index contributed by atoms with van der Waals surface area (Å²) < 4.78 is 16.6. The van der Waals surface area contributed by atoms with Gasteiger partial charge in [-0.3, -0.25) is 9.59 Å². The second-order valence-electron chi connectivity index (χ2n) is 7.68. The van der Waals surface area contributed by atoms with Crippen LogP contribution in [-0.2, 0) is 17.8 Å². The fraction of sp³-hybridized carbons (Fsp3) is 0.333. The molecule has 0 fully saturated rings. The largest absolute Gasteiger partial charge is 0.497 e. The molecule has 3 aromatic rings. The number of benzene rings is 2. The van der Waals surface area contributed by atoms with E-state index in [4.69, 9.17) is 14.2 Å².